The number of aromatic nitrogens is 1. The molecule has 104 valence electrons. The van der Waals surface area contributed by atoms with E-state index < -0.39 is 0 Å². The lowest BCUT2D eigenvalue weighted by molar-refractivity contribution is 0.0892. The highest BCUT2D eigenvalue weighted by Gasteiger charge is 2.32. The molecule has 3 rings (SSSR count). The fourth-order valence-electron chi connectivity index (χ4n) is 2.73. The molecule has 0 aliphatic heterocycles. The molecule has 0 bridgehead atoms. The number of hydrogen-bond acceptors (Lipinski definition) is 3. The summed E-state index contributed by atoms with van der Waals surface area (Å²) in [6, 6.07) is 9.23. The first-order chi connectivity index (χ1) is 9.57. The highest BCUT2D eigenvalue weighted by molar-refractivity contribution is 6.06. The van der Waals surface area contributed by atoms with Gasteiger partial charge in [0.2, 0.25) is 0 Å². The van der Waals surface area contributed by atoms with Crippen molar-refractivity contribution in [3.05, 3.63) is 35.9 Å². The van der Waals surface area contributed by atoms with E-state index >= 15 is 0 Å². The number of benzene rings is 1. The Hall–Kier alpha value is -2.10. The lowest BCUT2D eigenvalue weighted by Crippen LogP contribution is -2.40. The molecule has 1 amide bonds. The number of nitrogens with one attached hydrogen (secondary N) is 1. The molecule has 2 aromatic rings. The van der Waals surface area contributed by atoms with Crippen molar-refractivity contribution in [1.82, 2.24) is 10.3 Å². The van der Waals surface area contributed by atoms with Gasteiger partial charge in [0.05, 0.1) is 11.1 Å². The smallest absolute Gasteiger partial charge is 0.252 e. The number of hydrogen-bond donors (Lipinski definition) is 2. The number of rotatable bonds is 3. The van der Waals surface area contributed by atoms with E-state index in [0.29, 0.717) is 11.4 Å². The molecule has 3 N–H and O–H groups in total. The molecule has 0 unspecified atom stereocenters. The number of pyridine rings is 1. The molecule has 1 heterocycles. The van der Waals surface area contributed by atoms with Crippen molar-refractivity contribution < 1.29 is 4.79 Å². The van der Waals surface area contributed by atoms with Crippen LogP contribution in [0.3, 0.4) is 0 Å². The van der Waals surface area contributed by atoms with Crippen molar-refractivity contribution in [3.8, 4) is 0 Å². The fourth-order valence-corrected chi connectivity index (χ4v) is 2.73. The van der Waals surface area contributed by atoms with E-state index in [0.717, 1.165) is 17.4 Å². The standard InChI is InChI=1S/C16H19N3O/c1-16(7-4-8-16)10-18-15(20)12-9-14(17)19-13-6-3-2-5-11(12)13/h2-3,5-6,9H,4,7-8,10H2,1H3,(H2,17,19)(H,18,20). The summed E-state index contributed by atoms with van der Waals surface area (Å²) in [6.45, 7) is 2.94. The first-order valence-electron chi connectivity index (χ1n) is 7.01. The molecular weight excluding hydrogens is 250 g/mol. The lowest BCUT2D eigenvalue weighted by atomic mass is 9.70. The van der Waals surface area contributed by atoms with Crippen molar-refractivity contribution in [1.29, 1.82) is 0 Å². The number of amides is 1. The molecule has 4 nitrogen and oxygen atoms in total. The highest BCUT2D eigenvalue weighted by Crippen LogP contribution is 2.39. The predicted molar refractivity (Wildman–Crippen MR) is 80.4 cm³/mol. The molecule has 1 aromatic heterocycles. The van der Waals surface area contributed by atoms with Gasteiger partial charge in [-0.25, -0.2) is 4.98 Å². The van der Waals surface area contributed by atoms with E-state index in [1.807, 2.05) is 24.3 Å². The Morgan fingerprint density at radius 1 is 1.40 bits per heavy atom. The van der Waals surface area contributed by atoms with Crippen molar-refractivity contribution >= 4 is 22.6 Å². The molecule has 4 heteroatoms. The third kappa shape index (κ3) is 2.33. The van der Waals surface area contributed by atoms with Gasteiger partial charge in [0, 0.05) is 11.9 Å². The van der Waals surface area contributed by atoms with E-state index in [1.54, 1.807) is 6.07 Å². The predicted octanol–water partition coefficient (Wildman–Crippen LogP) is 2.74. The molecule has 0 radical (unpaired) electrons. The number of anilines is 1. The second kappa shape index (κ2) is 4.78. The van der Waals surface area contributed by atoms with Crippen molar-refractivity contribution in [3.63, 3.8) is 0 Å². The minimum absolute atomic E-state index is 0.0663. The molecule has 1 aliphatic carbocycles. The van der Waals surface area contributed by atoms with Gasteiger partial charge in [-0.1, -0.05) is 31.5 Å². The minimum atomic E-state index is -0.0663. The van der Waals surface area contributed by atoms with Crippen LogP contribution in [0.4, 0.5) is 5.82 Å². The molecule has 1 fully saturated rings. The van der Waals surface area contributed by atoms with E-state index in [4.69, 9.17) is 5.73 Å². The van der Waals surface area contributed by atoms with Crippen LogP contribution < -0.4 is 11.1 Å². The summed E-state index contributed by atoms with van der Waals surface area (Å²) in [6.07, 6.45) is 3.64. The zero-order valence-corrected chi connectivity index (χ0v) is 11.6. The minimum Gasteiger partial charge on any atom is -0.384 e. The number of para-hydroxylation sites is 1. The third-order valence-corrected chi connectivity index (χ3v) is 4.22. The van der Waals surface area contributed by atoms with Crippen LogP contribution in [0.25, 0.3) is 10.9 Å². The SMILES string of the molecule is CC1(CNC(=O)c2cc(N)nc3ccccc23)CCC1. The van der Waals surface area contributed by atoms with Gasteiger partial charge in [0.25, 0.3) is 5.91 Å². The van der Waals surface area contributed by atoms with Gasteiger partial charge >= 0.3 is 0 Å². The van der Waals surface area contributed by atoms with Crippen LogP contribution in [0.1, 0.15) is 36.5 Å². The Labute approximate surface area is 118 Å². The van der Waals surface area contributed by atoms with Crippen LogP contribution in [-0.2, 0) is 0 Å². The molecule has 20 heavy (non-hydrogen) atoms. The normalized spacial score (nSPS) is 16.6. The highest BCUT2D eigenvalue weighted by atomic mass is 16.1. The van der Waals surface area contributed by atoms with Gasteiger partial charge in [-0.3, -0.25) is 4.79 Å². The van der Waals surface area contributed by atoms with Crippen LogP contribution in [-0.4, -0.2) is 17.4 Å². The molecule has 1 saturated carbocycles. The van der Waals surface area contributed by atoms with Crippen LogP contribution in [0.15, 0.2) is 30.3 Å². The first-order valence-corrected chi connectivity index (χ1v) is 7.01. The van der Waals surface area contributed by atoms with E-state index in [9.17, 15) is 4.79 Å². The quantitative estimate of drug-likeness (QED) is 0.900. The van der Waals surface area contributed by atoms with Gasteiger partial charge in [0.1, 0.15) is 5.82 Å². The summed E-state index contributed by atoms with van der Waals surface area (Å²) in [7, 11) is 0. The Morgan fingerprint density at radius 3 is 2.85 bits per heavy atom. The zero-order chi connectivity index (χ0) is 14.2. The molecule has 0 spiro atoms. The maximum Gasteiger partial charge on any atom is 0.252 e. The molecule has 1 aliphatic rings. The molecule has 1 aromatic carbocycles. The van der Waals surface area contributed by atoms with E-state index in [2.05, 4.69) is 17.2 Å². The Kier molecular flexibility index (Phi) is 3.08. The number of carbonyl (C=O) groups is 1. The second-order valence-electron chi connectivity index (χ2n) is 5.96. The number of nitrogens with zero attached hydrogens (tertiary/aromatic N) is 1. The van der Waals surface area contributed by atoms with Crippen LogP contribution >= 0.6 is 0 Å². The second-order valence-corrected chi connectivity index (χ2v) is 5.96. The summed E-state index contributed by atoms with van der Waals surface area (Å²) in [5.74, 6) is 0.312. The van der Waals surface area contributed by atoms with Crippen molar-refractivity contribution in [2.45, 2.75) is 26.2 Å². The number of nitrogens with two attached hydrogens (primary N) is 1. The average Bonchev–Trinajstić information content (AvgIpc) is 2.41. The maximum absolute atomic E-state index is 12.4. The van der Waals surface area contributed by atoms with Crippen LogP contribution in [0, 0.1) is 5.41 Å². The molecule has 0 atom stereocenters. The van der Waals surface area contributed by atoms with Gasteiger partial charge in [-0.05, 0) is 30.4 Å². The molecular formula is C16H19N3O. The zero-order valence-electron chi connectivity index (χ0n) is 11.6. The van der Waals surface area contributed by atoms with Crippen molar-refractivity contribution in [2.75, 3.05) is 12.3 Å². The summed E-state index contributed by atoms with van der Waals surface area (Å²) in [4.78, 5) is 16.7. The number of carbonyl (C=O) groups excluding carboxylic acids is 1. The summed E-state index contributed by atoms with van der Waals surface area (Å²) in [5.41, 5.74) is 7.42. The van der Waals surface area contributed by atoms with Gasteiger partial charge in [-0.15, -0.1) is 0 Å². The van der Waals surface area contributed by atoms with E-state index in [-0.39, 0.29) is 11.3 Å². The number of fused-ring (bicyclic) bond motifs is 1. The monoisotopic (exact) mass is 269 g/mol. The van der Waals surface area contributed by atoms with Gasteiger partial charge < -0.3 is 11.1 Å². The maximum atomic E-state index is 12.4. The summed E-state index contributed by atoms with van der Waals surface area (Å²) in [5, 5.41) is 3.88. The van der Waals surface area contributed by atoms with Crippen LogP contribution in [0.5, 0.6) is 0 Å². The third-order valence-electron chi connectivity index (χ3n) is 4.22. The Balaban J connectivity index is 1.87. The summed E-state index contributed by atoms with van der Waals surface area (Å²) >= 11 is 0. The fraction of sp³-hybridized carbons (Fsp3) is 0.375. The largest absolute Gasteiger partial charge is 0.384 e. The number of nitrogen functional groups attached to an aromatic ring is 1. The first kappa shape index (κ1) is 12.9. The van der Waals surface area contributed by atoms with Crippen LogP contribution in [0.2, 0.25) is 0 Å². The van der Waals surface area contributed by atoms with Crippen molar-refractivity contribution in [2.24, 2.45) is 5.41 Å². The van der Waals surface area contributed by atoms with Gasteiger partial charge in [-0.2, -0.15) is 0 Å². The molecule has 0 saturated heterocycles. The Bertz CT molecular complexity index is 662. The van der Waals surface area contributed by atoms with Gasteiger partial charge in [0.15, 0.2) is 0 Å². The average molecular weight is 269 g/mol. The Morgan fingerprint density at radius 2 is 2.15 bits per heavy atom. The summed E-state index contributed by atoms with van der Waals surface area (Å²) < 4.78 is 0. The van der Waals surface area contributed by atoms with E-state index in [1.165, 1.54) is 19.3 Å². The topological polar surface area (TPSA) is 68.0 Å². The lowest BCUT2D eigenvalue weighted by Gasteiger charge is -2.38.